The topological polar surface area (TPSA) is 61.8 Å². The van der Waals surface area contributed by atoms with Crippen molar-refractivity contribution in [3.05, 3.63) is 0 Å². The fourth-order valence-electron chi connectivity index (χ4n) is 5.89. The lowest BCUT2D eigenvalue weighted by Crippen LogP contribution is -2.47. The van der Waals surface area contributed by atoms with Gasteiger partial charge in [-0.2, -0.15) is 0 Å². The van der Waals surface area contributed by atoms with Crippen LogP contribution in [0, 0.1) is 35.5 Å². The maximum absolute atomic E-state index is 13.1. The molecule has 0 aromatic rings. The predicted octanol–water partition coefficient (Wildman–Crippen LogP) is 4.90. The van der Waals surface area contributed by atoms with E-state index in [0.717, 1.165) is 19.3 Å². The summed E-state index contributed by atoms with van der Waals surface area (Å²) in [5.41, 5.74) is -0.649. The molecule has 8 atom stereocenters. The number of fused-ring (bicyclic) bond motifs is 5. The fraction of sp³-hybridized carbons (Fsp3) is 0.900. The van der Waals surface area contributed by atoms with E-state index in [9.17, 15) is 9.59 Å². The van der Waals surface area contributed by atoms with E-state index in [1.54, 1.807) is 0 Å². The Kier molecular flexibility index (Phi) is 6.25. The average Bonchev–Trinajstić information content (AvgIpc) is 3.19. The number of esters is 2. The second kappa shape index (κ2) is 7.79. The molecule has 2 bridgehead atoms. The minimum Gasteiger partial charge on any atom is -0.460 e. The van der Waals surface area contributed by atoms with Gasteiger partial charge in [0.25, 0.3) is 0 Å². The van der Waals surface area contributed by atoms with Gasteiger partial charge in [0.15, 0.2) is 0 Å². The van der Waals surface area contributed by atoms with Crippen LogP contribution in [0.5, 0.6) is 0 Å². The van der Waals surface area contributed by atoms with Gasteiger partial charge in [-0.15, -0.1) is 0 Å². The van der Waals surface area contributed by atoms with Gasteiger partial charge in [-0.3, -0.25) is 9.59 Å². The van der Waals surface area contributed by atoms with Crippen molar-refractivity contribution in [1.82, 2.24) is 0 Å². The first-order chi connectivity index (χ1) is 12.9. The summed E-state index contributed by atoms with van der Waals surface area (Å²) in [4.78, 5) is 26.0. The van der Waals surface area contributed by atoms with Crippen LogP contribution in [-0.2, 0) is 23.8 Å². The van der Waals surface area contributed by atoms with Crippen LogP contribution in [0.15, 0.2) is 0 Å². The Bertz CT molecular complexity index is 574. The molecular formula is C20H29Cl3O5. The van der Waals surface area contributed by atoms with Crippen LogP contribution in [0.3, 0.4) is 0 Å². The normalized spacial score (nSPS) is 39.7. The van der Waals surface area contributed by atoms with E-state index in [1.165, 1.54) is 0 Å². The van der Waals surface area contributed by atoms with Gasteiger partial charge in [0.2, 0.25) is 0 Å². The largest absolute Gasteiger partial charge is 0.460 e. The van der Waals surface area contributed by atoms with Crippen LogP contribution < -0.4 is 0 Å². The first-order valence-electron chi connectivity index (χ1n) is 10.1. The molecule has 1 aliphatic heterocycles. The Morgan fingerprint density at radius 1 is 0.893 bits per heavy atom. The zero-order chi connectivity index (χ0) is 21.0. The average molecular weight is 456 g/mol. The van der Waals surface area contributed by atoms with Crippen LogP contribution in [-0.4, -0.2) is 33.7 Å². The van der Waals surface area contributed by atoms with Crippen LogP contribution in [0.25, 0.3) is 0 Å². The quantitative estimate of drug-likeness (QED) is 0.445. The summed E-state index contributed by atoms with van der Waals surface area (Å²) in [6.07, 6.45) is 2.69. The highest BCUT2D eigenvalue weighted by Gasteiger charge is 2.68. The lowest BCUT2D eigenvalue weighted by molar-refractivity contribution is -0.173. The van der Waals surface area contributed by atoms with Crippen molar-refractivity contribution in [3.8, 4) is 0 Å². The third kappa shape index (κ3) is 4.14. The number of halogens is 3. The highest BCUT2D eigenvalue weighted by molar-refractivity contribution is 6.66. The number of hydrogen-bond acceptors (Lipinski definition) is 5. The molecule has 160 valence electrons. The second-order valence-corrected chi connectivity index (χ2v) is 11.4. The number of hydrogen-bond donors (Lipinski definition) is 0. The maximum Gasteiger partial charge on any atom is 0.340 e. The third-order valence-corrected chi connectivity index (χ3v) is 6.70. The van der Waals surface area contributed by atoms with Gasteiger partial charge in [0.1, 0.15) is 5.60 Å². The molecule has 0 aromatic heterocycles. The Labute approximate surface area is 181 Å². The zero-order valence-corrected chi connectivity index (χ0v) is 19.2. The summed E-state index contributed by atoms with van der Waals surface area (Å²) < 4.78 is 14.9. The highest BCUT2D eigenvalue weighted by atomic mass is 35.6. The molecule has 3 rings (SSSR count). The summed E-state index contributed by atoms with van der Waals surface area (Å²) in [7, 11) is 0. The Balaban J connectivity index is 1.94. The van der Waals surface area contributed by atoms with E-state index >= 15 is 0 Å². The van der Waals surface area contributed by atoms with Crippen molar-refractivity contribution < 1.29 is 23.8 Å². The molecule has 3 fully saturated rings. The molecule has 5 nitrogen and oxygen atoms in total. The molecule has 8 unspecified atom stereocenters. The van der Waals surface area contributed by atoms with Gasteiger partial charge in [-0.1, -0.05) is 13.8 Å². The van der Waals surface area contributed by atoms with Gasteiger partial charge >= 0.3 is 15.9 Å². The predicted molar refractivity (Wildman–Crippen MR) is 107 cm³/mol. The van der Waals surface area contributed by atoms with E-state index in [2.05, 4.69) is 13.8 Å². The highest BCUT2D eigenvalue weighted by Crippen LogP contribution is 2.65. The van der Waals surface area contributed by atoms with E-state index in [4.69, 9.17) is 49.0 Å². The molecule has 1 saturated heterocycles. The Hall–Kier alpha value is -0.230. The molecule has 8 heteroatoms. The van der Waals surface area contributed by atoms with Gasteiger partial charge in [-0.05, 0) is 98.5 Å². The maximum atomic E-state index is 13.1. The van der Waals surface area contributed by atoms with Gasteiger partial charge in [0, 0.05) is 0 Å². The van der Waals surface area contributed by atoms with Crippen LogP contribution in [0.1, 0.15) is 53.9 Å². The van der Waals surface area contributed by atoms with Crippen molar-refractivity contribution in [2.45, 2.75) is 75.7 Å². The molecule has 1 heterocycles. The molecule has 2 aliphatic carbocycles. The van der Waals surface area contributed by atoms with E-state index in [1.807, 2.05) is 20.8 Å². The number of ether oxygens (including phenoxy) is 3. The van der Waals surface area contributed by atoms with Crippen molar-refractivity contribution in [1.29, 1.82) is 0 Å². The number of rotatable bonds is 4. The number of carbonyl (C=O) groups excluding carboxylic acids is 2. The van der Waals surface area contributed by atoms with Crippen molar-refractivity contribution in [3.63, 3.8) is 0 Å². The first kappa shape index (κ1) is 22.5. The molecule has 0 spiro atoms. The Morgan fingerprint density at radius 2 is 1.32 bits per heavy atom. The number of carbonyl (C=O) groups is 2. The van der Waals surface area contributed by atoms with Crippen molar-refractivity contribution in [2.24, 2.45) is 35.5 Å². The summed E-state index contributed by atoms with van der Waals surface area (Å²) in [6, 6.07) is 0. The fourth-order valence-corrected chi connectivity index (χ4v) is 6.12. The lowest BCUT2D eigenvalue weighted by atomic mass is 9.65. The second-order valence-electron chi connectivity index (χ2n) is 9.20. The van der Waals surface area contributed by atoms with Gasteiger partial charge in [0.05, 0.1) is 24.0 Å². The van der Waals surface area contributed by atoms with E-state index in [0.29, 0.717) is 0 Å². The molecule has 2 saturated carbocycles. The molecule has 28 heavy (non-hydrogen) atoms. The molecule has 0 amide bonds. The van der Waals surface area contributed by atoms with Gasteiger partial charge in [-0.25, -0.2) is 0 Å². The van der Waals surface area contributed by atoms with E-state index < -0.39 is 27.4 Å². The number of alkyl halides is 3. The summed E-state index contributed by atoms with van der Waals surface area (Å²) in [5.74, 6) is -1.85. The van der Waals surface area contributed by atoms with Crippen LogP contribution in [0.4, 0.5) is 0 Å². The lowest BCUT2D eigenvalue weighted by Gasteiger charge is -2.38. The molecule has 0 radical (unpaired) electrons. The summed E-state index contributed by atoms with van der Waals surface area (Å²) in [5, 5.41) is 0. The minimum absolute atomic E-state index is 0.0132. The van der Waals surface area contributed by atoms with Crippen molar-refractivity contribution >= 4 is 46.7 Å². The molecular weight excluding hydrogens is 427 g/mol. The zero-order valence-electron chi connectivity index (χ0n) is 16.9. The van der Waals surface area contributed by atoms with Crippen LogP contribution >= 0.6 is 34.8 Å². The smallest absolute Gasteiger partial charge is 0.340 e. The monoisotopic (exact) mass is 454 g/mol. The SMILES string of the molecule is CCC1OC(CC)C2C3CC(C(C(=O)OC(C)(C)C)C3C(=O)OC(Cl)(Cl)Cl)C12. The Morgan fingerprint density at radius 3 is 1.68 bits per heavy atom. The molecule has 0 N–H and O–H groups in total. The van der Waals surface area contributed by atoms with Gasteiger partial charge < -0.3 is 14.2 Å². The first-order valence-corrected chi connectivity index (χ1v) is 11.2. The van der Waals surface area contributed by atoms with E-state index in [-0.39, 0.29) is 41.8 Å². The third-order valence-electron chi connectivity index (χ3n) is 6.47. The van der Waals surface area contributed by atoms with Crippen molar-refractivity contribution in [2.75, 3.05) is 0 Å². The standard InChI is InChI=1S/C20H29Cl3O5/c1-6-11-13-9-8-10(14(13)12(7-2)26-11)16(18(25)28-20(21,22)23)15(9)17(24)27-19(3,4)5/h9-16H,6-8H2,1-5H3. The van der Waals surface area contributed by atoms with Crippen LogP contribution in [0.2, 0.25) is 0 Å². The summed E-state index contributed by atoms with van der Waals surface area (Å²) >= 11 is 17.1. The minimum atomic E-state index is -2.15. The summed E-state index contributed by atoms with van der Waals surface area (Å²) in [6.45, 7) is 9.64. The molecule has 3 aliphatic rings. The molecule has 0 aromatic carbocycles.